The Bertz CT molecular complexity index is 1000. The first-order chi connectivity index (χ1) is 13.2. The number of ether oxygens (including phenoxy) is 3. The molecule has 1 fully saturated rings. The van der Waals surface area contributed by atoms with Gasteiger partial charge in [-0.15, -0.1) is 11.3 Å². The van der Waals surface area contributed by atoms with Gasteiger partial charge in [-0.2, -0.15) is 0 Å². The Morgan fingerprint density at radius 3 is 2.26 bits per heavy atom. The summed E-state index contributed by atoms with van der Waals surface area (Å²) in [6.07, 6.45) is 2.36. The molecule has 27 heavy (non-hydrogen) atoms. The van der Waals surface area contributed by atoms with Crippen LogP contribution in [0.5, 0.6) is 17.2 Å². The van der Waals surface area contributed by atoms with Gasteiger partial charge in [0.1, 0.15) is 17.2 Å². The van der Waals surface area contributed by atoms with E-state index in [1.165, 1.54) is 12.8 Å². The van der Waals surface area contributed by atoms with Crippen molar-refractivity contribution in [3.05, 3.63) is 52.6 Å². The zero-order valence-corrected chi connectivity index (χ0v) is 16.5. The van der Waals surface area contributed by atoms with Crippen LogP contribution >= 0.6 is 11.3 Å². The molecule has 1 aromatic heterocycles. The number of aromatic nitrogens is 1. The Kier molecular flexibility index (Phi) is 4.90. The number of benzene rings is 2. The first-order valence-electron chi connectivity index (χ1n) is 8.84. The van der Waals surface area contributed by atoms with Crippen molar-refractivity contribution in [1.82, 2.24) is 4.57 Å². The van der Waals surface area contributed by atoms with Gasteiger partial charge in [0.2, 0.25) is 0 Å². The Balaban J connectivity index is 1.81. The average Bonchev–Trinajstić information content (AvgIpc) is 3.48. The van der Waals surface area contributed by atoms with Crippen LogP contribution in [0.4, 0.5) is 5.69 Å². The van der Waals surface area contributed by atoms with E-state index in [9.17, 15) is 0 Å². The Labute approximate surface area is 162 Å². The lowest BCUT2D eigenvalue weighted by Gasteiger charge is -2.13. The van der Waals surface area contributed by atoms with Gasteiger partial charge in [0.15, 0.2) is 4.80 Å². The fourth-order valence-electron chi connectivity index (χ4n) is 3.06. The monoisotopic (exact) mass is 382 g/mol. The fourth-order valence-corrected chi connectivity index (χ4v) is 4.04. The van der Waals surface area contributed by atoms with E-state index < -0.39 is 0 Å². The lowest BCUT2D eigenvalue weighted by molar-refractivity contribution is 0.395. The van der Waals surface area contributed by atoms with Crippen molar-refractivity contribution in [1.29, 1.82) is 0 Å². The Morgan fingerprint density at radius 1 is 0.926 bits per heavy atom. The molecule has 1 heterocycles. The number of methoxy groups -OCH3 is 3. The highest BCUT2D eigenvalue weighted by Crippen LogP contribution is 2.41. The molecule has 6 heteroatoms. The maximum Gasteiger partial charge on any atom is 0.190 e. The van der Waals surface area contributed by atoms with E-state index in [0.717, 1.165) is 39.0 Å². The SMILES string of the molecule is COc1ccc(N=c2scc(-c3ccc(OC)cc3OC)n2C2CC2)cc1. The summed E-state index contributed by atoms with van der Waals surface area (Å²) in [5, 5.41) is 2.16. The minimum atomic E-state index is 0.495. The van der Waals surface area contributed by atoms with Crippen molar-refractivity contribution >= 4 is 17.0 Å². The fraction of sp³-hybridized carbons (Fsp3) is 0.286. The molecule has 0 N–H and O–H groups in total. The molecule has 4 rings (SSSR count). The van der Waals surface area contributed by atoms with Gasteiger partial charge < -0.3 is 18.8 Å². The molecular weight excluding hydrogens is 360 g/mol. The van der Waals surface area contributed by atoms with Gasteiger partial charge in [-0.3, -0.25) is 0 Å². The highest BCUT2D eigenvalue weighted by Gasteiger charge is 2.28. The summed E-state index contributed by atoms with van der Waals surface area (Å²) < 4.78 is 18.5. The van der Waals surface area contributed by atoms with Gasteiger partial charge in [-0.25, -0.2) is 4.99 Å². The summed E-state index contributed by atoms with van der Waals surface area (Å²) in [6, 6.07) is 14.2. The quantitative estimate of drug-likeness (QED) is 0.615. The third-order valence-corrected chi connectivity index (χ3v) is 5.48. The normalized spacial score (nSPS) is 14.3. The molecule has 0 aliphatic heterocycles. The number of hydrogen-bond acceptors (Lipinski definition) is 5. The van der Waals surface area contributed by atoms with E-state index in [1.54, 1.807) is 32.7 Å². The largest absolute Gasteiger partial charge is 0.497 e. The summed E-state index contributed by atoms with van der Waals surface area (Å²) >= 11 is 1.65. The van der Waals surface area contributed by atoms with Gasteiger partial charge in [0, 0.05) is 23.1 Å². The molecule has 0 unspecified atom stereocenters. The van der Waals surface area contributed by atoms with Crippen LogP contribution in [-0.2, 0) is 0 Å². The third-order valence-electron chi connectivity index (χ3n) is 4.64. The number of hydrogen-bond donors (Lipinski definition) is 0. The number of rotatable bonds is 6. The van der Waals surface area contributed by atoms with Gasteiger partial charge in [0.25, 0.3) is 0 Å². The van der Waals surface area contributed by atoms with Crippen molar-refractivity contribution in [3.63, 3.8) is 0 Å². The molecular formula is C21H22N2O3S. The molecule has 0 radical (unpaired) electrons. The molecule has 0 saturated heterocycles. The second kappa shape index (κ2) is 7.48. The summed E-state index contributed by atoms with van der Waals surface area (Å²) in [7, 11) is 5.02. The van der Waals surface area contributed by atoms with Crippen molar-refractivity contribution in [2.75, 3.05) is 21.3 Å². The van der Waals surface area contributed by atoms with E-state index in [-0.39, 0.29) is 0 Å². The van der Waals surface area contributed by atoms with Crippen molar-refractivity contribution < 1.29 is 14.2 Å². The standard InChI is InChI=1S/C21H22N2O3S/c1-24-16-8-4-14(5-9-16)22-21-23(15-6-7-15)19(13-27-21)18-11-10-17(25-2)12-20(18)26-3/h4-5,8-13,15H,6-7H2,1-3H3. The Hall–Kier alpha value is -2.73. The summed E-state index contributed by atoms with van der Waals surface area (Å²) in [6.45, 7) is 0. The van der Waals surface area contributed by atoms with E-state index in [2.05, 4.69) is 16.0 Å². The zero-order valence-electron chi connectivity index (χ0n) is 15.6. The van der Waals surface area contributed by atoms with Crippen molar-refractivity contribution in [2.24, 2.45) is 4.99 Å². The lowest BCUT2D eigenvalue weighted by atomic mass is 10.1. The maximum atomic E-state index is 5.62. The molecule has 1 aliphatic carbocycles. The van der Waals surface area contributed by atoms with E-state index >= 15 is 0 Å². The maximum absolute atomic E-state index is 5.62. The molecule has 2 aromatic carbocycles. The summed E-state index contributed by atoms with van der Waals surface area (Å²) in [4.78, 5) is 5.87. The van der Waals surface area contributed by atoms with Gasteiger partial charge in [-0.05, 0) is 49.2 Å². The molecule has 0 atom stereocenters. The molecule has 0 spiro atoms. The highest BCUT2D eigenvalue weighted by atomic mass is 32.1. The highest BCUT2D eigenvalue weighted by molar-refractivity contribution is 7.07. The van der Waals surface area contributed by atoms with Gasteiger partial charge >= 0.3 is 0 Å². The van der Waals surface area contributed by atoms with Crippen LogP contribution < -0.4 is 19.0 Å². The topological polar surface area (TPSA) is 45.0 Å². The average molecular weight is 382 g/mol. The van der Waals surface area contributed by atoms with Crippen LogP contribution in [0.2, 0.25) is 0 Å². The van der Waals surface area contributed by atoms with Crippen LogP contribution in [0.25, 0.3) is 11.3 Å². The predicted molar refractivity (Wildman–Crippen MR) is 107 cm³/mol. The van der Waals surface area contributed by atoms with Crippen LogP contribution in [0.15, 0.2) is 52.8 Å². The molecule has 1 aliphatic rings. The third kappa shape index (κ3) is 3.57. The smallest absolute Gasteiger partial charge is 0.190 e. The predicted octanol–water partition coefficient (Wildman–Crippen LogP) is 4.81. The second-order valence-electron chi connectivity index (χ2n) is 6.38. The molecule has 3 aromatic rings. The van der Waals surface area contributed by atoms with Crippen LogP contribution in [0.3, 0.4) is 0 Å². The zero-order chi connectivity index (χ0) is 18.8. The molecule has 0 amide bonds. The van der Waals surface area contributed by atoms with Crippen molar-refractivity contribution in [3.8, 4) is 28.5 Å². The van der Waals surface area contributed by atoms with Gasteiger partial charge in [-0.1, -0.05) is 0 Å². The molecule has 5 nitrogen and oxygen atoms in total. The second-order valence-corrected chi connectivity index (χ2v) is 7.22. The van der Waals surface area contributed by atoms with Crippen LogP contribution in [0.1, 0.15) is 18.9 Å². The van der Waals surface area contributed by atoms with E-state index in [0.29, 0.717) is 6.04 Å². The first kappa shape index (κ1) is 17.7. The van der Waals surface area contributed by atoms with Crippen LogP contribution in [0, 0.1) is 0 Å². The lowest BCUT2D eigenvalue weighted by Crippen LogP contribution is -2.14. The minimum Gasteiger partial charge on any atom is -0.497 e. The first-order valence-corrected chi connectivity index (χ1v) is 9.72. The van der Waals surface area contributed by atoms with Gasteiger partial charge in [0.05, 0.1) is 32.7 Å². The summed E-state index contributed by atoms with van der Waals surface area (Å²) in [5.74, 6) is 2.42. The number of nitrogens with zero attached hydrogens (tertiary/aromatic N) is 2. The molecule has 140 valence electrons. The summed E-state index contributed by atoms with van der Waals surface area (Å²) in [5.41, 5.74) is 3.10. The van der Waals surface area contributed by atoms with Crippen LogP contribution in [-0.4, -0.2) is 25.9 Å². The van der Waals surface area contributed by atoms with E-state index in [1.807, 2.05) is 36.4 Å². The van der Waals surface area contributed by atoms with Crippen molar-refractivity contribution in [2.45, 2.75) is 18.9 Å². The number of thiazole rings is 1. The van der Waals surface area contributed by atoms with E-state index in [4.69, 9.17) is 19.2 Å². The molecule has 1 saturated carbocycles. The molecule has 0 bridgehead atoms. The Morgan fingerprint density at radius 2 is 1.63 bits per heavy atom. The minimum absolute atomic E-state index is 0.495.